The molecule has 78 valence electrons. The van der Waals surface area contributed by atoms with Crippen molar-refractivity contribution in [3.05, 3.63) is 30.6 Å². The van der Waals surface area contributed by atoms with Crippen LogP contribution in [0.25, 0.3) is 10.9 Å². The zero-order chi connectivity index (χ0) is 11.2. The Balaban J connectivity index is 2.94. The minimum atomic E-state index is -0.440. The van der Waals surface area contributed by atoms with Gasteiger partial charge in [-0.1, -0.05) is 11.6 Å². The molecule has 1 aromatic carbocycles. The molecule has 1 aromatic heterocycles. The largest absolute Gasteiger partial charge is 0.284 e. The Morgan fingerprint density at radius 3 is 2.93 bits per heavy atom. The molecule has 7 heteroatoms. The van der Waals surface area contributed by atoms with E-state index in [9.17, 15) is 10.1 Å². The van der Waals surface area contributed by atoms with Crippen molar-refractivity contribution in [2.24, 2.45) is 0 Å². The van der Waals surface area contributed by atoms with Crippen LogP contribution >= 0.6 is 39.1 Å². The molecule has 0 radical (unpaired) electrons. The Morgan fingerprint density at radius 1 is 1.67 bits per heavy atom. The van der Waals surface area contributed by atoms with Crippen LogP contribution in [0.4, 0.5) is 5.69 Å². The molecular formula is C8H4BrClN2O2S. The van der Waals surface area contributed by atoms with Gasteiger partial charge in [0.2, 0.25) is 0 Å². The molecule has 4 nitrogen and oxygen atoms in total. The molecule has 0 unspecified atom stereocenters. The van der Waals surface area contributed by atoms with Crippen LogP contribution in [0.1, 0.15) is 5.56 Å². The average Bonchev–Trinajstić information content (AvgIpc) is 2.54. The van der Waals surface area contributed by atoms with Gasteiger partial charge in [0.15, 0.2) is 0 Å². The molecule has 15 heavy (non-hydrogen) atoms. The molecule has 2 aromatic rings. The number of nitro benzene ring substituents is 1. The molecule has 0 N–H and O–H groups in total. The highest BCUT2D eigenvalue weighted by molar-refractivity contribution is 9.10. The zero-order valence-corrected chi connectivity index (χ0v) is 10.6. The van der Waals surface area contributed by atoms with Gasteiger partial charge in [-0.25, -0.2) is 0 Å². The maximum atomic E-state index is 10.8. The van der Waals surface area contributed by atoms with Gasteiger partial charge in [0.05, 0.1) is 15.8 Å². The van der Waals surface area contributed by atoms with Crippen LogP contribution in [0.3, 0.4) is 0 Å². The van der Waals surface area contributed by atoms with Gasteiger partial charge in [-0.2, -0.15) is 4.37 Å². The summed E-state index contributed by atoms with van der Waals surface area (Å²) in [6.45, 7) is 1.78. The average molecular weight is 308 g/mol. The number of nitro groups is 1. The lowest BCUT2D eigenvalue weighted by atomic mass is 10.1. The van der Waals surface area contributed by atoms with E-state index in [0.717, 1.165) is 17.1 Å². The first kappa shape index (κ1) is 10.8. The second-order valence-electron chi connectivity index (χ2n) is 2.96. The quantitative estimate of drug-likeness (QED) is 0.592. The molecule has 0 fully saturated rings. The predicted molar refractivity (Wildman–Crippen MR) is 63.7 cm³/mol. The molecule has 0 saturated heterocycles. The maximum Gasteiger partial charge on any atom is 0.284 e. The fourth-order valence-corrected chi connectivity index (χ4v) is 3.20. The van der Waals surface area contributed by atoms with E-state index in [1.807, 2.05) is 0 Å². The van der Waals surface area contributed by atoms with Crippen molar-refractivity contribution >= 4 is 55.7 Å². The van der Waals surface area contributed by atoms with Crippen molar-refractivity contribution in [2.75, 3.05) is 0 Å². The minimum absolute atomic E-state index is 0.0158. The summed E-state index contributed by atoms with van der Waals surface area (Å²) in [6, 6.07) is 1.49. The number of nitrogens with zero attached hydrogens (tertiary/aromatic N) is 2. The Bertz CT molecular complexity index is 569. The van der Waals surface area contributed by atoms with Gasteiger partial charge < -0.3 is 0 Å². The fraction of sp³-hybridized carbons (Fsp3) is 0.125. The first-order chi connectivity index (χ1) is 7.02. The van der Waals surface area contributed by atoms with Crippen molar-refractivity contribution in [1.29, 1.82) is 0 Å². The van der Waals surface area contributed by atoms with E-state index in [-0.39, 0.29) is 5.69 Å². The Hall–Kier alpha value is -0.720. The van der Waals surface area contributed by atoms with Crippen LogP contribution in [0.2, 0.25) is 4.34 Å². The number of benzene rings is 1. The highest BCUT2D eigenvalue weighted by atomic mass is 79.9. The molecule has 2 rings (SSSR count). The van der Waals surface area contributed by atoms with Gasteiger partial charge in [-0.15, -0.1) is 0 Å². The summed E-state index contributed by atoms with van der Waals surface area (Å²) >= 11 is 10.2. The van der Waals surface area contributed by atoms with E-state index in [1.54, 1.807) is 6.92 Å². The molecule has 0 aliphatic rings. The smallest absolute Gasteiger partial charge is 0.258 e. The number of hydrogen-bond acceptors (Lipinski definition) is 4. The summed E-state index contributed by atoms with van der Waals surface area (Å²) < 4.78 is 4.99. The van der Waals surface area contributed by atoms with Gasteiger partial charge >= 0.3 is 0 Å². The fourth-order valence-electron chi connectivity index (χ4n) is 1.33. The number of rotatable bonds is 1. The van der Waals surface area contributed by atoms with E-state index in [1.165, 1.54) is 6.07 Å². The third-order valence-electron chi connectivity index (χ3n) is 2.02. The van der Waals surface area contributed by atoms with Crippen LogP contribution in [-0.2, 0) is 0 Å². The Morgan fingerprint density at radius 2 is 2.33 bits per heavy atom. The van der Waals surface area contributed by atoms with Crippen molar-refractivity contribution < 1.29 is 4.92 Å². The summed E-state index contributed by atoms with van der Waals surface area (Å²) in [6.07, 6.45) is 0. The number of halogens is 2. The number of aryl methyl sites for hydroxylation is 1. The van der Waals surface area contributed by atoms with Crippen LogP contribution in [0.15, 0.2) is 10.5 Å². The monoisotopic (exact) mass is 306 g/mol. The van der Waals surface area contributed by atoms with E-state index in [2.05, 4.69) is 20.3 Å². The van der Waals surface area contributed by atoms with Gasteiger partial charge in [0.1, 0.15) is 8.81 Å². The molecule has 0 atom stereocenters. The first-order valence-corrected chi connectivity index (χ1v) is 5.85. The Labute approximate surface area is 102 Å². The second kappa shape index (κ2) is 3.70. The number of fused-ring (bicyclic) bond motifs is 1. The topological polar surface area (TPSA) is 56.0 Å². The minimum Gasteiger partial charge on any atom is -0.258 e. The molecule has 1 heterocycles. The molecule has 0 amide bonds. The third kappa shape index (κ3) is 1.62. The molecular weight excluding hydrogens is 304 g/mol. The summed E-state index contributed by atoms with van der Waals surface area (Å²) in [4.78, 5) is 10.3. The van der Waals surface area contributed by atoms with Crippen molar-refractivity contribution in [3.8, 4) is 0 Å². The first-order valence-electron chi connectivity index (χ1n) is 3.90. The lowest BCUT2D eigenvalue weighted by molar-refractivity contribution is -0.385. The van der Waals surface area contributed by atoms with Crippen molar-refractivity contribution in [1.82, 2.24) is 4.37 Å². The van der Waals surface area contributed by atoms with E-state index < -0.39 is 4.92 Å². The molecule has 0 aliphatic carbocycles. The zero-order valence-electron chi connectivity index (χ0n) is 7.45. The van der Waals surface area contributed by atoms with E-state index in [4.69, 9.17) is 11.6 Å². The lowest BCUT2D eigenvalue weighted by Gasteiger charge is -2.00. The summed E-state index contributed by atoms with van der Waals surface area (Å²) in [5, 5.41) is 11.4. The SMILES string of the molecule is Cc1cc([N+](=O)[O-])c(Br)c2c(Cl)snc12. The van der Waals surface area contributed by atoms with Crippen LogP contribution in [-0.4, -0.2) is 9.30 Å². The lowest BCUT2D eigenvalue weighted by Crippen LogP contribution is -1.91. The van der Waals surface area contributed by atoms with Crippen LogP contribution < -0.4 is 0 Å². The van der Waals surface area contributed by atoms with Gasteiger partial charge in [0, 0.05) is 6.07 Å². The molecule has 0 spiro atoms. The van der Waals surface area contributed by atoms with Gasteiger partial charge in [0.25, 0.3) is 5.69 Å². The Kier molecular flexibility index (Phi) is 2.66. The molecule has 0 saturated carbocycles. The predicted octanol–water partition coefficient (Wildman–Crippen LogP) is 3.93. The molecule has 0 bridgehead atoms. The highest BCUT2D eigenvalue weighted by Gasteiger charge is 2.20. The van der Waals surface area contributed by atoms with Crippen molar-refractivity contribution in [2.45, 2.75) is 6.92 Å². The van der Waals surface area contributed by atoms with E-state index in [0.29, 0.717) is 19.7 Å². The van der Waals surface area contributed by atoms with Gasteiger partial charge in [-0.3, -0.25) is 10.1 Å². The summed E-state index contributed by atoms with van der Waals surface area (Å²) in [5.74, 6) is 0. The van der Waals surface area contributed by atoms with E-state index >= 15 is 0 Å². The standard InChI is InChI=1S/C8H4BrClN2O2S/c1-3-2-4(12(13)14)6(9)5-7(3)11-15-8(5)10/h2H,1H3. The van der Waals surface area contributed by atoms with Crippen molar-refractivity contribution in [3.63, 3.8) is 0 Å². The molecule has 0 aliphatic heterocycles. The number of aromatic nitrogens is 1. The number of hydrogen-bond donors (Lipinski definition) is 0. The van der Waals surface area contributed by atoms with Crippen LogP contribution in [0, 0.1) is 17.0 Å². The normalized spacial score (nSPS) is 10.9. The highest BCUT2D eigenvalue weighted by Crippen LogP contribution is 2.40. The summed E-state index contributed by atoms with van der Waals surface area (Å²) in [7, 11) is 0. The van der Waals surface area contributed by atoms with Crippen LogP contribution in [0.5, 0.6) is 0 Å². The maximum absolute atomic E-state index is 10.8. The third-order valence-corrected chi connectivity index (χ3v) is 3.86. The summed E-state index contributed by atoms with van der Waals surface area (Å²) in [5.41, 5.74) is 1.48. The second-order valence-corrected chi connectivity index (χ2v) is 5.13. The van der Waals surface area contributed by atoms with Gasteiger partial charge in [-0.05, 0) is 39.9 Å².